The average molecular weight is 243 g/mol. The number of carbonyl (C=O) groups excluding carboxylic acids is 1. The Morgan fingerprint density at radius 1 is 1.28 bits per heavy atom. The molecule has 3 heteroatoms. The molecular weight excluding hydrogens is 226 g/mol. The van der Waals surface area contributed by atoms with Gasteiger partial charge in [0.05, 0.1) is 18.7 Å². The van der Waals surface area contributed by atoms with E-state index >= 15 is 0 Å². The van der Waals surface area contributed by atoms with Crippen LogP contribution in [0.15, 0.2) is 29.8 Å². The number of esters is 1. The van der Waals surface area contributed by atoms with Crippen LogP contribution in [0.1, 0.15) is 42.6 Å². The van der Waals surface area contributed by atoms with Crippen LogP contribution in [0, 0.1) is 11.3 Å². The summed E-state index contributed by atoms with van der Waals surface area (Å²) in [6, 6.07) is 9.35. The smallest absolute Gasteiger partial charge is 0.337 e. The molecule has 18 heavy (non-hydrogen) atoms. The molecule has 0 bridgehead atoms. The highest BCUT2D eigenvalue weighted by Crippen LogP contribution is 2.24. The van der Waals surface area contributed by atoms with Gasteiger partial charge in [-0.1, -0.05) is 25.5 Å². The molecule has 0 amide bonds. The van der Waals surface area contributed by atoms with Gasteiger partial charge in [-0.2, -0.15) is 5.26 Å². The molecule has 1 rings (SSSR count). The fourth-order valence-corrected chi connectivity index (χ4v) is 1.79. The second kappa shape index (κ2) is 6.61. The van der Waals surface area contributed by atoms with E-state index in [1.165, 1.54) is 7.11 Å². The minimum atomic E-state index is -0.348. The predicted octanol–water partition coefficient (Wildman–Crippen LogP) is 3.57. The molecule has 0 aliphatic rings. The van der Waals surface area contributed by atoms with E-state index in [-0.39, 0.29) is 5.97 Å². The Bertz CT molecular complexity index is 492. The van der Waals surface area contributed by atoms with E-state index in [1.54, 1.807) is 12.1 Å². The summed E-state index contributed by atoms with van der Waals surface area (Å²) in [5.74, 6) is -0.348. The number of nitrogens with zero attached hydrogens (tertiary/aromatic N) is 1. The first-order valence-corrected chi connectivity index (χ1v) is 5.92. The molecule has 0 saturated heterocycles. The Morgan fingerprint density at radius 2 is 1.83 bits per heavy atom. The van der Waals surface area contributed by atoms with Crippen LogP contribution in [0.5, 0.6) is 0 Å². The lowest BCUT2D eigenvalue weighted by atomic mass is 9.96. The van der Waals surface area contributed by atoms with Gasteiger partial charge in [0, 0.05) is 5.57 Å². The third-order valence-corrected chi connectivity index (χ3v) is 2.77. The van der Waals surface area contributed by atoms with Crippen molar-refractivity contribution in [2.45, 2.75) is 26.7 Å². The van der Waals surface area contributed by atoms with Crippen LogP contribution in [-0.2, 0) is 4.74 Å². The molecule has 1 aromatic carbocycles. The van der Waals surface area contributed by atoms with Gasteiger partial charge in [0.2, 0.25) is 0 Å². The van der Waals surface area contributed by atoms with Crippen LogP contribution < -0.4 is 0 Å². The third-order valence-electron chi connectivity index (χ3n) is 2.77. The molecular formula is C15H17NO2. The van der Waals surface area contributed by atoms with Crippen LogP contribution in [0.3, 0.4) is 0 Å². The van der Waals surface area contributed by atoms with E-state index in [1.807, 2.05) is 19.1 Å². The Hall–Kier alpha value is -2.08. The standard InChI is InChI=1S/C15H17NO2/c1-4-5-14(11(2)10-16)12-6-8-13(9-7-12)15(17)18-3/h6-9H,4-5H2,1-3H3/b14-11-. The molecule has 0 saturated carbocycles. The maximum atomic E-state index is 11.3. The van der Waals surface area contributed by atoms with Crippen molar-refractivity contribution in [1.29, 1.82) is 5.26 Å². The van der Waals surface area contributed by atoms with Gasteiger partial charge in [-0.25, -0.2) is 4.79 Å². The van der Waals surface area contributed by atoms with Crippen molar-refractivity contribution in [3.05, 3.63) is 41.0 Å². The molecule has 0 aliphatic carbocycles. The normalized spacial score (nSPS) is 11.4. The monoisotopic (exact) mass is 243 g/mol. The van der Waals surface area contributed by atoms with Crippen LogP contribution in [-0.4, -0.2) is 13.1 Å². The lowest BCUT2D eigenvalue weighted by Gasteiger charge is -2.08. The van der Waals surface area contributed by atoms with E-state index in [4.69, 9.17) is 5.26 Å². The lowest BCUT2D eigenvalue weighted by molar-refractivity contribution is 0.0600. The van der Waals surface area contributed by atoms with Crippen molar-refractivity contribution >= 4 is 11.5 Å². The summed E-state index contributed by atoms with van der Waals surface area (Å²) < 4.78 is 4.65. The van der Waals surface area contributed by atoms with Gasteiger partial charge in [0.1, 0.15) is 0 Å². The molecule has 94 valence electrons. The number of allylic oxidation sites excluding steroid dienone is 2. The minimum absolute atomic E-state index is 0.348. The summed E-state index contributed by atoms with van der Waals surface area (Å²) in [5.41, 5.74) is 3.27. The number of ether oxygens (including phenoxy) is 1. The highest BCUT2D eigenvalue weighted by Gasteiger charge is 2.08. The zero-order valence-electron chi connectivity index (χ0n) is 11.0. The molecule has 1 aromatic rings. The number of methoxy groups -OCH3 is 1. The van der Waals surface area contributed by atoms with E-state index in [2.05, 4.69) is 17.7 Å². The van der Waals surface area contributed by atoms with Gasteiger partial charge in [0.25, 0.3) is 0 Å². The Balaban J connectivity index is 3.10. The largest absolute Gasteiger partial charge is 0.465 e. The first kappa shape index (κ1) is 14.0. The number of hydrogen-bond donors (Lipinski definition) is 0. The highest BCUT2D eigenvalue weighted by atomic mass is 16.5. The van der Waals surface area contributed by atoms with Crippen molar-refractivity contribution < 1.29 is 9.53 Å². The second-order valence-corrected chi connectivity index (χ2v) is 4.03. The lowest BCUT2D eigenvalue weighted by Crippen LogP contribution is -2.01. The summed E-state index contributed by atoms with van der Waals surface area (Å²) in [4.78, 5) is 11.3. The first-order valence-electron chi connectivity index (χ1n) is 5.92. The number of rotatable bonds is 4. The highest BCUT2D eigenvalue weighted by molar-refractivity contribution is 5.89. The van der Waals surface area contributed by atoms with E-state index < -0.39 is 0 Å². The number of benzene rings is 1. The summed E-state index contributed by atoms with van der Waals surface area (Å²) in [6.07, 6.45) is 1.84. The van der Waals surface area contributed by atoms with Crippen molar-refractivity contribution in [1.82, 2.24) is 0 Å². The van der Waals surface area contributed by atoms with Crippen LogP contribution in [0.25, 0.3) is 5.57 Å². The summed E-state index contributed by atoms with van der Waals surface area (Å²) in [6.45, 7) is 3.90. The van der Waals surface area contributed by atoms with Gasteiger partial charge in [-0.15, -0.1) is 0 Å². The van der Waals surface area contributed by atoms with Crippen molar-refractivity contribution in [2.75, 3.05) is 7.11 Å². The molecule has 0 atom stereocenters. The Morgan fingerprint density at radius 3 is 2.28 bits per heavy atom. The van der Waals surface area contributed by atoms with Gasteiger partial charge in [-0.05, 0) is 36.6 Å². The molecule has 0 N–H and O–H groups in total. The molecule has 0 heterocycles. The van der Waals surface area contributed by atoms with Gasteiger partial charge >= 0.3 is 5.97 Å². The quantitative estimate of drug-likeness (QED) is 0.600. The Labute approximate surface area is 108 Å². The summed E-state index contributed by atoms with van der Waals surface area (Å²) in [5, 5.41) is 8.99. The number of nitriles is 1. The minimum Gasteiger partial charge on any atom is -0.465 e. The molecule has 0 radical (unpaired) electrons. The maximum absolute atomic E-state index is 11.3. The second-order valence-electron chi connectivity index (χ2n) is 4.03. The van der Waals surface area contributed by atoms with Crippen molar-refractivity contribution in [3.63, 3.8) is 0 Å². The number of hydrogen-bond acceptors (Lipinski definition) is 3. The van der Waals surface area contributed by atoms with Gasteiger partial charge < -0.3 is 4.74 Å². The zero-order valence-corrected chi connectivity index (χ0v) is 11.0. The van der Waals surface area contributed by atoms with Crippen LogP contribution >= 0.6 is 0 Å². The zero-order chi connectivity index (χ0) is 13.5. The predicted molar refractivity (Wildman–Crippen MR) is 70.9 cm³/mol. The molecule has 0 fully saturated rings. The molecule has 3 nitrogen and oxygen atoms in total. The molecule has 0 spiro atoms. The van der Waals surface area contributed by atoms with Crippen LogP contribution in [0.2, 0.25) is 0 Å². The SMILES string of the molecule is CCC/C(=C(\C)C#N)c1ccc(C(=O)OC)cc1. The van der Waals surface area contributed by atoms with Gasteiger partial charge in [0.15, 0.2) is 0 Å². The summed E-state index contributed by atoms with van der Waals surface area (Å²) in [7, 11) is 1.36. The fourth-order valence-electron chi connectivity index (χ4n) is 1.79. The van der Waals surface area contributed by atoms with Crippen LogP contribution in [0.4, 0.5) is 0 Å². The molecule has 0 aromatic heterocycles. The van der Waals surface area contributed by atoms with E-state index in [0.29, 0.717) is 5.56 Å². The fraction of sp³-hybridized carbons (Fsp3) is 0.333. The van der Waals surface area contributed by atoms with E-state index in [0.717, 1.165) is 29.6 Å². The van der Waals surface area contributed by atoms with Crippen molar-refractivity contribution in [3.8, 4) is 6.07 Å². The van der Waals surface area contributed by atoms with Crippen molar-refractivity contribution in [2.24, 2.45) is 0 Å². The van der Waals surface area contributed by atoms with Gasteiger partial charge in [-0.3, -0.25) is 0 Å². The molecule has 0 unspecified atom stereocenters. The topological polar surface area (TPSA) is 50.1 Å². The number of carbonyl (C=O) groups is 1. The first-order chi connectivity index (χ1) is 8.63. The van der Waals surface area contributed by atoms with E-state index in [9.17, 15) is 4.79 Å². The maximum Gasteiger partial charge on any atom is 0.337 e. The average Bonchev–Trinajstić information content (AvgIpc) is 2.43. The summed E-state index contributed by atoms with van der Waals surface area (Å²) >= 11 is 0. The third kappa shape index (κ3) is 3.21. The Kier molecular flexibility index (Phi) is 5.13. The molecule has 0 aliphatic heterocycles.